The molecule has 0 spiro atoms. The third-order valence-corrected chi connectivity index (χ3v) is 3.54. The maximum absolute atomic E-state index is 12.1. The topological polar surface area (TPSA) is 32.3 Å². The van der Waals surface area contributed by atoms with E-state index in [0.29, 0.717) is 4.48 Å². The van der Waals surface area contributed by atoms with Crippen molar-refractivity contribution in [2.75, 3.05) is 24.3 Å². The van der Waals surface area contributed by atoms with Gasteiger partial charge in [0.25, 0.3) is 5.91 Å². The number of benzene rings is 2. The first-order valence-electron chi connectivity index (χ1n) is 6.57. The maximum atomic E-state index is 12.1. The first-order valence-corrected chi connectivity index (χ1v) is 7.36. The molecule has 2 rings (SSSR count). The van der Waals surface area contributed by atoms with E-state index in [1.807, 2.05) is 73.6 Å². The molecule has 0 aliphatic carbocycles. The monoisotopic (exact) mass is 344 g/mol. The van der Waals surface area contributed by atoms with Crippen LogP contribution in [0.1, 0.15) is 5.56 Å². The van der Waals surface area contributed by atoms with Crippen molar-refractivity contribution in [1.29, 1.82) is 0 Å². The average Bonchev–Trinajstić information content (AvgIpc) is 2.48. The van der Waals surface area contributed by atoms with E-state index in [9.17, 15) is 4.79 Å². The van der Waals surface area contributed by atoms with Crippen LogP contribution in [0.4, 0.5) is 11.4 Å². The molecular weight excluding hydrogens is 328 g/mol. The second-order valence-electron chi connectivity index (χ2n) is 4.80. The Labute approximate surface area is 133 Å². The first-order chi connectivity index (χ1) is 10.1. The second kappa shape index (κ2) is 7.09. The number of hydrogen-bond donors (Lipinski definition) is 1. The van der Waals surface area contributed by atoms with Crippen molar-refractivity contribution in [3.05, 3.63) is 64.6 Å². The lowest BCUT2D eigenvalue weighted by Gasteiger charge is -2.13. The molecule has 21 heavy (non-hydrogen) atoms. The van der Waals surface area contributed by atoms with E-state index in [2.05, 4.69) is 21.2 Å². The zero-order valence-corrected chi connectivity index (χ0v) is 13.6. The Morgan fingerprint density at radius 2 is 1.67 bits per heavy atom. The highest BCUT2D eigenvalue weighted by Crippen LogP contribution is 2.18. The quantitative estimate of drug-likeness (QED) is 0.846. The molecule has 3 nitrogen and oxygen atoms in total. The van der Waals surface area contributed by atoms with E-state index in [-0.39, 0.29) is 5.91 Å². The Morgan fingerprint density at radius 1 is 1.05 bits per heavy atom. The SMILES string of the molecule is CN(C)c1ccc(NC(=O)/C(Br)=C/c2ccccc2)cc1. The second-order valence-corrected chi connectivity index (χ2v) is 5.65. The van der Waals surface area contributed by atoms with Gasteiger partial charge in [0.15, 0.2) is 0 Å². The van der Waals surface area contributed by atoms with Gasteiger partial charge < -0.3 is 10.2 Å². The van der Waals surface area contributed by atoms with Crippen LogP contribution < -0.4 is 10.2 Å². The number of halogens is 1. The lowest BCUT2D eigenvalue weighted by atomic mass is 10.2. The summed E-state index contributed by atoms with van der Waals surface area (Å²) in [6.07, 6.45) is 1.80. The number of anilines is 2. The molecule has 1 amide bonds. The molecule has 0 heterocycles. The third-order valence-electron chi connectivity index (χ3n) is 2.95. The molecule has 0 unspecified atom stereocenters. The summed E-state index contributed by atoms with van der Waals surface area (Å²) in [6, 6.07) is 17.4. The molecule has 0 saturated heterocycles. The molecule has 0 fully saturated rings. The van der Waals surface area contributed by atoms with E-state index >= 15 is 0 Å². The number of carbonyl (C=O) groups is 1. The highest BCUT2D eigenvalue weighted by atomic mass is 79.9. The van der Waals surface area contributed by atoms with Gasteiger partial charge in [0, 0.05) is 25.5 Å². The minimum absolute atomic E-state index is 0.170. The number of nitrogens with zero attached hydrogens (tertiary/aromatic N) is 1. The molecule has 0 aliphatic rings. The summed E-state index contributed by atoms with van der Waals surface area (Å²) in [5, 5.41) is 2.86. The normalized spacial score (nSPS) is 11.1. The van der Waals surface area contributed by atoms with Crippen LogP contribution >= 0.6 is 15.9 Å². The fourth-order valence-corrected chi connectivity index (χ4v) is 2.16. The molecule has 2 aromatic rings. The average molecular weight is 345 g/mol. The van der Waals surface area contributed by atoms with Gasteiger partial charge in [-0.15, -0.1) is 0 Å². The van der Waals surface area contributed by atoms with Crippen LogP contribution in [0.2, 0.25) is 0 Å². The van der Waals surface area contributed by atoms with Crippen LogP contribution in [0, 0.1) is 0 Å². The van der Waals surface area contributed by atoms with Crippen molar-refractivity contribution in [2.45, 2.75) is 0 Å². The first kappa shape index (κ1) is 15.3. The van der Waals surface area contributed by atoms with Gasteiger partial charge in [-0.2, -0.15) is 0 Å². The Bertz CT molecular complexity index is 634. The summed E-state index contributed by atoms with van der Waals surface area (Å²) < 4.78 is 0.491. The smallest absolute Gasteiger partial charge is 0.262 e. The predicted octanol–water partition coefficient (Wildman–Crippen LogP) is 4.13. The Hall–Kier alpha value is -2.07. The van der Waals surface area contributed by atoms with Crippen LogP contribution in [0.5, 0.6) is 0 Å². The van der Waals surface area contributed by atoms with Gasteiger partial charge in [-0.25, -0.2) is 0 Å². The molecular formula is C17H17BrN2O. The number of rotatable bonds is 4. The van der Waals surface area contributed by atoms with Crippen molar-refractivity contribution in [2.24, 2.45) is 0 Å². The Kier molecular flexibility index (Phi) is 5.17. The fourth-order valence-electron chi connectivity index (χ4n) is 1.79. The van der Waals surface area contributed by atoms with Crippen LogP contribution in [-0.2, 0) is 4.79 Å². The van der Waals surface area contributed by atoms with Crippen molar-refractivity contribution in [3.63, 3.8) is 0 Å². The predicted molar refractivity (Wildman–Crippen MR) is 92.7 cm³/mol. The van der Waals surface area contributed by atoms with E-state index in [0.717, 1.165) is 16.9 Å². The van der Waals surface area contributed by atoms with Crippen molar-refractivity contribution in [1.82, 2.24) is 0 Å². The molecule has 0 saturated carbocycles. The summed E-state index contributed by atoms with van der Waals surface area (Å²) in [5.74, 6) is -0.170. The molecule has 1 N–H and O–H groups in total. The van der Waals surface area contributed by atoms with Crippen molar-refractivity contribution < 1.29 is 4.79 Å². The van der Waals surface area contributed by atoms with E-state index < -0.39 is 0 Å². The molecule has 0 aliphatic heterocycles. The van der Waals surface area contributed by atoms with Crippen LogP contribution in [-0.4, -0.2) is 20.0 Å². The summed E-state index contributed by atoms with van der Waals surface area (Å²) in [5.41, 5.74) is 2.83. The Morgan fingerprint density at radius 3 is 2.24 bits per heavy atom. The van der Waals surface area contributed by atoms with Crippen LogP contribution in [0.15, 0.2) is 59.1 Å². The van der Waals surface area contributed by atoms with Crippen molar-refractivity contribution in [3.8, 4) is 0 Å². The van der Waals surface area contributed by atoms with E-state index in [1.54, 1.807) is 6.08 Å². The summed E-state index contributed by atoms with van der Waals surface area (Å²) in [4.78, 5) is 14.1. The zero-order valence-electron chi connectivity index (χ0n) is 12.0. The highest BCUT2D eigenvalue weighted by molar-refractivity contribution is 9.12. The van der Waals surface area contributed by atoms with Gasteiger partial charge in [0.2, 0.25) is 0 Å². The minimum Gasteiger partial charge on any atom is -0.378 e. The largest absolute Gasteiger partial charge is 0.378 e. The number of carbonyl (C=O) groups excluding carboxylic acids is 1. The molecule has 0 aromatic heterocycles. The standard InChI is InChI=1S/C17H17BrN2O/c1-20(2)15-10-8-14(9-11-15)19-17(21)16(18)12-13-6-4-3-5-7-13/h3-12H,1-2H3,(H,19,21)/b16-12-. The maximum Gasteiger partial charge on any atom is 0.262 e. The minimum atomic E-state index is -0.170. The van der Waals surface area contributed by atoms with Gasteiger partial charge in [-0.3, -0.25) is 4.79 Å². The number of nitrogens with one attached hydrogen (secondary N) is 1. The van der Waals surface area contributed by atoms with Gasteiger partial charge in [-0.1, -0.05) is 30.3 Å². The van der Waals surface area contributed by atoms with Gasteiger partial charge in [0.1, 0.15) is 0 Å². The summed E-state index contributed by atoms with van der Waals surface area (Å²) >= 11 is 3.32. The molecule has 0 atom stereocenters. The lowest BCUT2D eigenvalue weighted by molar-refractivity contribution is -0.112. The Balaban J connectivity index is 2.05. The zero-order chi connectivity index (χ0) is 15.2. The number of amides is 1. The summed E-state index contributed by atoms with van der Waals surface area (Å²) in [6.45, 7) is 0. The third kappa shape index (κ3) is 4.46. The molecule has 2 aromatic carbocycles. The van der Waals surface area contributed by atoms with Crippen LogP contribution in [0.25, 0.3) is 6.08 Å². The fraction of sp³-hybridized carbons (Fsp3) is 0.118. The number of hydrogen-bond acceptors (Lipinski definition) is 2. The molecule has 108 valence electrons. The van der Waals surface area contributed by atoms with Crippen molar-refractivity contribution >= 4 is 39.3 Å². The lowest BCUT2D eigenvalue weighted by Crippen LogP contribution is -2.12. The van der Waals surface area contributed by atoms with E-state index in [1.165, 1.54) is 0 Å². The summed E-state index contributed by atoms with van der Waals surface area (Å²) in [7, 11) is 3.96. The van der Waals surface area contributed by atoms with E-state index in [4.69, 9.17) is 0 Å². The molecule has 0 bridgehead atoms. The van der Waals surface area contributed by atoms with Gasteiger partial charge >= 0.3 is 0 Å². The highest BCUT2D eigenvalue weighted by Gasteiger charge is 2.07. The van der Waals surface area contributed by atoms with Gasteiger partial charge in [0.05, 0.1) is 4.48 Å². The molecule has 0 radical (unpaired) electrons. The van der Waals surface area contributed by atoms with Crippen LogP contribution in [0.3, 0.4) is 0 Å². The van der Waals surface area contributed by atoms with Gasteiger partial charge in [-0.05, 0) is 51.8 Å². The molecule has 4 heteroatoms.